The summed E-state index contributed by atoms with van der Waals surface area (Å²) in [6.07, 6.45) is 4.99. The Labute approximate surface area is 282 Å². The number of nitrogens with zero attached hydrogens (tertiary/aromatic N) is 4. The minimum atomic E-state index is -0.0117. The predicted octanol–water partition coefficient (Wildman–Crippen LogP) is 10.8. The first kappa shape index (κ1) is 31.1. The monoisotopic (exact) mass is 628 g/mol. The highest BCUT2D eigenvalue weighted by molar-refractivity contribution is 5.97. The molecule has 1 N–H and O–H groups in total. The SMILES string of the molecule is CC(C)(C)c1cc(-c2cc(-c3ccccn3)cc(-c3cccc4c3nc(-c3ccncc3O)n4-c3ccccc3)c2)cc(C(C)(C)C)c1. The lowest BCUT2D eigenvalue weighted by molar-refractivity contribution is 0.474. The van der Waals surface area contributed by atoms with Crippen molar-refractivity contribution in [3.8, 4) is 56.3 Å². The van der Waals surface area contributed by atoms with Crippen molar-refractivity contribution in [2.75, 3.05) is 0 Å². The second-order valence-corrected chi connectivity index (χ2v) is 14.5. The van der Waals surface area contributed by atoms with Gasteiger partial charge in [0.15, 0.2) is 0 Å². The van der Waals surface area contributed by atoms with Crippen molar-refractivity contribution < 1.29 is 5.11 Å². The standard InChI is InChI=1S/C43H40N4O/c1-42(2,3)32-24-29(25-33(26-32)43(4,5)6)28-21-30(23-31(22-28)37-16-10-11-19-45-37)35-15-12-17-38-40(35)46-41(36-18-20-44-27-39(36)48)47(38)34-13-8-7-9-14-34/h7-27,48H,1-6H3. The van der Waals surface area contributed by atoms with E-state index < -0.39 is 0 Å². The van der Waals surface area contributed by atoms with E-state index in [1.807, 2.05) is 42.6 Å². The van der Waals surface area contributed by atoms with Crippen LogP contribution in [0.4, 0.5) is 0 Å². The molecule has 238 valence electrons. The molecular formula is C43H40N4O. The third-order valence-corrected chi connectivity index (χ3v) is 8.94. The van der Waals surface area contributed by atoms with Gasteiger partial charge in [-0.2, -0.15) is 0 Å². The van der Waals surface area contributed by atoms with E-state index in [-0.39, 0.29) is 16.6 Å². The van der Waals surface area contributed by atoms with Crippen LogP contribution in [0.15, 0.2) is 128 Å². The van der Waals surface area contributed by atoms with Gasteiger partial charge in [0.25, 0.3) is 0 Å². The molecule has 4 aromatic carbocycles. The van der Waals surface area contributed by atoms with Gasteiger partial charge in [-0.3, -0.25) is 14.5 Å². The molecule has 0 radical (unpaired) electrons. The number of para-hydroxylation sites is 2. The summed E-state index contributed by atoms with van der Waals surface area (Å²) in [5.74, 6) is 0.733. The highest BCUT2D eigenvalue weighted by atomic mass is 16.3. The number of fused-ring (bicyclic) bond motifs is 1. The summed E-state index contributed by atoms with van der Waals surface area (Å²) in [5, 5.41) is 10.9. The average Bonchev–Trinajstić information content (AvgIpc) is 3.48. The van der Waals surface area contributed by atoms with Crippen molar-refractivity contribution in [1.29, 1.82) is 0 Å². The zero-order chi connectivity index (χ0) is 33.6. The van der Waals surface area contributed by atoms with E-state index in [1.165, 1.54) is 22.9 Å². The predicted molar refractivity (Wildman–Crippen MR) is 197 cm³/mol. The van der Waals surface area contributed by atoms with Crippen LogP contribution in [0, 0.1) is 0 Å². The van der Waals surface area contributed by atoms with Gasteiger partial charge < -0.3 is 5.11 Å². The lowest BCUT2D eigenvalue weighted by atomic mass is 9.78. The summed E-state index contributed by atoms with van der Waals surface area (Å²) in [4.78, 5) is 14.1. The highest BCUT2D eigenvalue weighted by Crippen LogP contribution is 2.41. The van der Waals surface area contributed by atoms with Gasteiger partial charge in [0.2, 0.25) is 0 Å². The molecule has 7 rings (SSSR count). The molecule has 3 heterocycles. The van der Waals surface area contributed by atoms with Crippen LogP contribution in [0.1, 0.15) is 52.7 Å². The molecule has 0 spiro atoms. The number of hydrogen-bond acceptors (Lipinski definition) is 4. The molecule has 5 heteroatoms. The van der Waals surface area contributed by atoms with Gasteiger partial charge in [-0.25, -0.2) is 4.98 Å². The van der Waals surface area contributed by atoms with Gasteiger partial charge in [0.1, 0.15) is 11.6 Å². The summed E-state index contributed by atoms with van der Waals surface area (Å²) in [7, 11) is 0. The third kappa shape index (κ3) is 5.88. The number of imidazole rings is 1. The Morgan fingerprint density at radius 1 is 0.583 bits per heavy atom. The van der Waals surface area contributed by atoms with E-state index in [1.54, 1.807) is 6.20 Å². The maximum absolute atomic E-state index is 10.9. The van der Waals surface area contributed by atoms with E-state index in [0.29, 0.717) is 11.4 Å². The van der Waals surface area contributed by atoms with Crippen LogP contribution in [-0.4, -0.2) is 24.6 Å². The lowest BCUT2D eigenvalue weighted by Gasteiger charge is -2.26. The Morgan fingerprint density at radius 3 is 1.92 bits per heavy atom. The van der Waals surface area contributed by atoms with Crippen molar-refractivity contribution in [2.24, 2.45) is 0 Å². The average molecular weight is 629 g/mol. The van der Waals surface area contributed by atoms with Gasteiger partial charge in [-0.05, 0) is 93.2 Å². The third-order valence-electron chi connectivity index (χ3n) is 8.94. The first-order valence-corrected chi connectivity index (χ1v) is 16.4. The first-order chi connectivity index (χ1) is 23.0. The van der Waals surface area contributed by atoms with Crippen LogP contribution in [0.5, 0.6) is 5.75 Å². The molecule has 0 saturated carbocycles. The van der Waals surface area contributed by atoms with Crippen LogP contribution in [0.2, 0.25) is 0 Å². The van der Waals surface area contributed by atoms with Crippen molar-refractivity contribution in [3.05, 3.63) is 139 Å². The Bertz CT molecular complexity index is 2220. The highest BCUT2D eigenvalue weighted by Gasteiger charge is 2.23. The molecule has 0 aliphatic rings. The maximum atomic E-state index is 10.9. The molecule has 3 aromatic heterocycles. The minimum absolute atomic E-state index is 0.0117. The van der Waals surface area contributed by atoms with E-state index in [4.69, 9.17) is 9.97 Å². The van der Waals surface area contributed by atoms with E-state index >= 15 is 0 Å². The Hall–Kier alpha value is -5.55. The Kier molecular flexibility index (Phi) is 7.71. The largest absolute Gasteiger partial charge is 0.506 e. The van der Waals surface area contributed by atoms with Gasteiger partial charge in [0.05, 0.1) is 28.5 Å². The molecule has 0 amide bonds. The molecule has 0 aliphatic heterocycles. The molecule has 0 atom stereocenters. The Morgan fingerprint density at radius 2 is 1.25 bits per heavy atom. The summed E-state index contributed by atoms with van der Waals surface area (Å²) < 4.78 is 2.11. The minimum Gasteiger partial charge on any atom is -0.506 e. The second-order valence-electron chi connectivity index (χ2n) is 14.5. The molecule has 0 bridgehead atoms. The van der Waals surface area contributed by atoms with Crippen LogP contribution < -0.4 is 0 Å². The number of hydrogen-bond donors (Lipinski definition) is 1. The van der Waals surface area contributed by atoms with Crippen molar-refractivity contribution in [1.82, 2.24) is 19.5 Å². The van der Waals surface area contributed by atoms with E-state index in [2.05, 4.69) is 124 Å². The zero-order valence-corrected chi connectivity index (χ0v) is 28.4. The van der Waals surface area contributed by atoms with Crippen molar-refractivity contribution in [3.63, 3.8) is 0 Å². The van der Waals surface area contributed by atoms with Crippen molar-refractivity contribution in [2.45, 2.75) is 52.4 Å². The smallest absolute Gasteiger partial charge is 0.149 e. The molecule has 0 aliphatic carbocycles. The van der Waals surface area contributed by atoms with Gasteiger partial charge in [-0.15, -0.1) is 0 Å². The normalized spacial score (nSPS) is 12.0. The number of rotatable bonds is 5. The molecule has 7 aromatic rings. The fourth-order valence-electron chi connectivity index (χ4n) is 6.22. The summed E-state index contributed by atoms with van der Waals surface area (Å²) in [6.45, 7) is 13.6. The molecular weight excluding hydrogens is 589 g/mol. The quantitative estimate of drug-likeness (QED) is 0.206. The Balaban J connectivity index is 1.52. The number of pyridine rings is 2. The maximum Gasteiger partial charge on any atom is 0.149 e. The first-order valence-electron chi connectivity index (χ1n) is 16.4. The van der Waals surface area contributed by atoms with Crippen LogP contribution in [-0.2, 0) is 10.8 Å². The van der Waals surface area contributed by atoms with Gasteiger partial charge in [-0.1, -0.05) is 96.1 Å². The number of aromatic nitrogens is 4. The second kappa shape index (κ2) is 11.9. The van der Waals surface area contributed by atoms with Crippen molar-refractivity contribution >= 4 is 11.0 Å². The zero-order valence-electron chi connectivity index (χ0n) is 28.4. The van der Waals surface area contributed by atoms with Crippen LogP contribution in [0.25, 0.3) is 61.6 Å². The molecule has 0 saturated heterocycles. The molecule has 0 fully saturated rings. The summed E-state index contributed by atoms with van der Waals surface area (Å²) in [6, 6.07) is 38.1. The number of benzene rings is 4. The molecule has 0 unspecified atom stereocenters. The van der Waals surface area contributed by atoms with Gasteiger partial charge in [0, 0.05) is 29.2 Å². The summed E-state index contributed by atoms with van der Waals surface area (Å²) >= 11 is 0. The molecule has 5 nitrogen and oxygen atoms in total. The van der Waals surface area contributed by atoms with Crippen LogP contribution in [0.3, 0.4) is 0 Å². The lowest BCUT2D eigenvalue weighted by Crippen LogP contribution is -2.16. The fraction of sp³-hybridized carbons (Fsp3) is 0.186. The fourth-order valence-corrected chi connectivity index (χ4v) is 6.22. The summed E-state index contributed by atoms with van der Waals surface area (Å²) in [5.41, 5.74) is 12.2. The number of aromatic hydroxyl groups is 1. The van der Waals surface area contributed by atoms with E-state index in [0.717, 1.165) is 44.7 Å². The van der Waals surface area contributed by atoms with Crippen LogP contribution >= 0.6 is 0 Å². The van der Waals surface area contributed by atoms with Gasteiger partial charge >= 0.3 is 0 Å². The topological polar surface area (TPSA) is 63.8 Å². The molecule has 48 heavy (non-hydrogen) atoms. The van der Waals surface area contributed by atoms with E-state index in [9.17, 15) is 5.11 Å².